The summed E-state index contributed by atoms with van der Waals surface area (Å²) in [6.45, 7) is 5.51. The molecule has 5 heteroatoms. The second kappa shape index (κ2) is 6.67. The van der Waals surface area contributed by atoms with Crippen LogP contribution in [-0.4, -0.2) is 26.4 Å². The van der Waals surface area contributed by atoms with Crippen molar-refractivity contribution in [1.82, 2.24) is 19.3 Å². The second-order valence-electron chi connectivity index (χ2n) is 6.58. The van der Waals surface area contributed by atoms with E-state index in [4.69, 9.17) is 0 Å². The van der Waals surface area contributed by atoms with E-state index in [0.29, 0.717) is 12.2 Å². The molecule has 5 nitrogen and oxygen atoms in total. The molecule has 0 spiro atoms. The van der Waals surface area contributed by atoms with Crippen LogP contribution < -0.4 is 5.32 Å². The highest BCUT2D eigenvalue weighted by Gasteiger charge is 2.15. The van der Waals surface area contributed by atoms with E-state index in [1.165, 1.54) is 16.6 Å². The molecule has 1 aromatic carbocycles. The zero-order chi connectivity index (χ0) is 18.1. The molecule has 0 bridgehead atoms. The molecule has 1 amide bonds. The third kappa shape index (κ3) is 2.86. The third-order valence-electron chi connectivity index (χ3n) is 4.78. The zero-order valence-electron chi connectivity index (χ0n) is 15.1. The van der Waals surface area contributed by atoms with Crippen molar-refractivity contribution in [3.8, 4) is 0 Å². The number of aryl methyl sites for hydroxylation is 3. The lowest BCUT2D eigenvalue weighted by atomic mass is 10.2. The Hall–Kier alpha value is -3.08. The summed E-state index contributed by atoms with van der Waals surface area (Å²) < 4.78 is 4.15. The van der Waals surface area contributed by atoms with Crippen molar-refractivity contribution in [3.63, 3.8) is 0 Å². The molecule has 0 aliphatic heterocycles. The van der Waals surface area contributed by atoms with Crippen LogP contribution in [0.15, 0.2) is 54.7 Å². The summed E-state index contributed by atoms with van der Waals surface area (Å²) in [5, 5.41) is 4.29. The van der Waals surface area contributed by atoms with E-state index in [1.54, 1.807) is 0 Å². The van der Waals surface area contributed by atoms with Gasteiger partial charge in [0.1, 0.15) is 11.3 Å². The van der Waals surface area contributed by atoms with Crippen LogP contribution in [0.4, 0.5) is 0 Å². The second-order valence-corrected chi connectivity index (χ2v) is 6.58. The Labute approximate surface area is 152 Å². The first-order valence-corrected chi connectivity index (χ1v) is 8.92. The molecule has 1 N–H and O–H groups in total. The van der Waals surface area contributed by atoms with Crippen molar-refractivity contribution in [3.05, 3.63) is 71.8 Å². The van der Waals surface area contributed by atoms with Crippen molar-refractivity contribution in [1.29, 1.82) is 0 Å². The molecule has 4 aromatic rings. The van der Waals surface area contributed by atoms with Gasteiger partial charge in [-0.05, 0) is 49.9 Å². The first-order valence-electron chi connectivity index (χ1n) is 8.92. The monoisotopic (exact) mass is 346 g/mol. The summed E-state index contributed by atoms with van der Waals surface area (Å²) in [6, 6.07) is 16.3. The van der Waals surface area contributed by atoms with Gasteiger partial charge in [-0.2, -0.15) is 0 Å². The van der Waals surface area contributed by atoms with E-state index < -0.39 is 0 Å². The minimum absolute atomic E-state index is 0.0738. The van der Waals surface area contributed by atoms with Crippen molar-refractivity contribution < 1.29 is 4.79 Å². The van der Waals surface area contributed by atoms with Gasteiger partial charge in [-0.15, -0.1) is 0 Å². The number of benzene rings is 1. The van der Waals surface area contributed by atoms with Crippen molar-refractivity contribution in [2.45, 2.75) is 26.8 Å². The van der Waals surface area contributed by atoms with E-state index in [1.807, 2.05) is 35.7 Å². The van der Waals surface area contributed by atoms with Crippen LogP contribution in [-0.2, 0) is 6.54 Å². The molecule has 0 atom stereocenters. The molecule has 26 heavy (non-hydrogen) atoms. The number of para-hydroxylation sites is 1. The lowest BCUT2D eigenvalue weighted by Crippen LogP contribution is -2.27. The van der Waals surface area contributed by atoms with Crippen LogP contribution >= 0.6 is 0 Å². The fraction of sp³-hybridized carbons (Fsp3) is 0.238. The van der Waals surface area contributed by atoms with Gasteiger partial charge in [0, 0.05) is 30.5 Å². The average Bonchev–Trinajstić information content (AvgIpc) is 3.14. The van der Waals surface area contributed by atoms with Crippen LogP contribution in [0.3, 0.4) is 0 Å². The Bertz CT molecular complexity index is 1090. The van der Waals surface area contributed by atoms with Gasteiger partial charge in [-0.1, -0.05) is 24.3 Å². The van der Waals surface area contributed by atoms with Crippen LogP contribution in [0.25, 0.3) is 16.6 Å². The number of amides is 1. The first kappa shape index (κ1) is 16.4. The number of hydrogen-bond acceptors (Lipinski definition) is 2. The van der Waals surface area contributed by atoms with Crippen LogP contribution in [0.1, 0.15) is 28.3 Å². The smallest absolute Gasteiger partial charge is 0.270 e. The van der Waals surface area contributed by atoms with Gasteiger partial charge in [-0.3, -0.25) is 9.20 Å². The van der Waals surface area contributed by atoms with Gasteiger partial charge in [0.15, 0.2) is 0 Å². The van der Waals surface area contributed by atoms with E-state index in [2.05, 4.69) is 52.1 Å². The third-order valence-corrected chi connectivity index (χ3v) is 4.78. The Balaban J connectivity index is 1.42. The van der Waals surface area contributed by atoms with Gasteiger partial charge in [0.2, 0.25) is 0 Å². The average molecular weight is 346 g/mol. The minimum Gasteiger partial charge on any atom is -0.351 e. The van der Waals surface area contributed by atoms with Crippen molar-refractivity contribution in [2.24, 2.45) is 0 Å². The number of carbonyl (C=O) groups excluding carboxylic acids is 1. The van der Waals surface area contributed by atoms with E-state index in [9.17, 15) is 4.79 Å². The predicted molar refractivity (Wildman–Crippen MR) is 104 cm³/mol. The summed E-state index contributed by atoms with van der Waals surface area (Å²) in [7, 11) is 0. The summed E-state index contributed by atoms with van der Waals surface area (Å²) >= 11 is 0. The molecular formula is C21H22N4O. The van der Waals surface area contributed by atoms with E-state index >= 15 is 0 Å². The molecule has 3 heterocycles. The fourth-order valence-electron chi connectivity index (χ4n) is 3.56. The molecule has 0 saturated carbocycles. The molecule has 0 saturated heterocycles. The van der Waals surface area contributed by atoms with Crippen molar-refractivity contribution >= 4 is 22.5 Å². The molecule has 3 aromatic heterocycles. The normalized spacial score (nSPS) is 11.3. The quantitative estimate of drug-likeness (QED) is 0.560. The number of carbonyl (C=O) groups is 1. The molecule has 0 aliphatic carbocycles. The lowest BCUT2D eigenvalue weighted by molar-refractivity contribution is 0.0946. The largest absolute Gasteiger partial charge is 0.351 e. The number of rotatable bonds is 5. The number of nitrogens with zero attached hydrogens (tertiary/aromatic N) is 3. The summed E-state index contributed by atoms with van der Waals surface area (Å²) in [4.78, 5) is 17.0. The van der Waals surface area contributed by atoms with Gasteiger partial charge in [0.25, 0.3) is 5.91 Å². The lowest BCUT2D eigenvalue weighted by Gasteiger charge is -2.09. The molecule has 132 valence electrons. The van der Waals surface area contributed by atoms with Crippen LogP contribution in [0.5, 0.6) is 0 Å². The number of pyridine rings is 1. The highest BCUT2D eigenvalue weighted by molar-refractivity contribution is 5.94. The number of imidazole rings is 1. The molecular weight excluding hydrogens is 324 g/mol. The molecule has 0 radical (unpaired) electrons. The predicted octanol–water partition coefficient (Wildman–Crippen LogP) is 3.73. The molecule has 0 unspecified atom stereocenters. The highest BCUT2D eigenvalue weighted by atomic mass is 16.1. The number of nitrogens with one attached hydrogen (secondary N) is 1. The summed E-state index contributed by atoms with van der Waals surface area (Å²) in [5.41, 5.74) is 4.65. The van der Waals surface area contributed by atoms with E-state index in [0.717, 1.165) is 24.3 Å². The van der Waals surface area contributed by atoms with Gasteiger partial charge < -0.3 is 9.88 Å². The zero-order valence-corrected chi connectivity index (χ0v) is 15.1. The Morgan fingerprint density at radius 3 is 2.81 bits per heavy atom. The SMILES string of the molecule is Cc1nc2ccccn2c1C(=O)NCCCn1c(C)cc2ccccc21. The van der Waals surface area contributed by atoms with E-state index in [-0.39, 0.29) is 5.91 Å². The summed E-state index contributed by atoms with van der Waals surface area (Å²) in [6.07, 6.45) is 2.75. The Morgan fingerprint density at radius 2 is 1.92 bits per heavy atom. The maximum absolute atomic E-state index is 12.6. The highest BCUT2D eigenvalue weighted by Crippen LogP contribution is 2.19. The van der Waals surface area contributed by atoms with Gasteiger partial charge >= 0.3 is 0 Å². The number of fused-ring (bicyclic) bond motifs is 2. The Kier molecular flexibility index (Phi) is 4.21. The van der Waals surface area contributed by atoms with Gasteiger partial charge in [0.05, 0.1) is 5.69 Å². The number of hydrogen-bond donors (Lipinski definition) is 1. The molecule has 4 rings (SSSR count). The maximum atomic E-state index is 12.6. The molecule has 0 aliphatic rings. The molecule has 0 fully saturated rings. The Morgan fingerprint density at radius 1 is 1.12 bits per heavy atom. The van der Waals surface area contributed by atoms with Gasteiger partial charge in [-0.25, -0.2) is 4.98 Å². The van der Waals surface area contributed by atoms with Crippen LogP contribution in [0.2, 0.25) is 0 Å². The topological polar surface area (TPSA) is 51.3 Å². The first-order chi connectivity index (χ1) is 12.6. The standard InChI is InChI=1S/C21H22N4O/c1-15-14-17-8-3-4-9-18(17)24(15)13-7-11-22-21(26)20-16(2)23-19-10-5-6-12-25(19)20/h3-6,8-10,12,14H,7,11,13H2,1-2H3,(H,22,26). The van der Waals surface area contributed by atoms with Crippen molar-refractivity contribution in [2.75, 3.05) is 6.54 Å². The van der Waals surface area contributed by atoms with Crippen LogP contribution in [0, 0.1) is 13.8 Å². The fourth-order valence-corrected chi connectivity index (χ4v) is 3.56. The number of aromatic nitrogens is 3. The maximum Gasteiger partial charge on any atom is 0.270 e. The summed E-state index contributed by atoms with van der Waals surface area (Å²) in [5.74, 6) is -0.0738. The minimum atomic E-state index is -0.0738.